The molecule has 9 heteroatoms. The number of imidazole rings is 1. The molecule has 1 aliphatic heterocycles. The Labute approximate surface area is 169 Å². The molecule has 4 rings (SSSR count). The molecule has 144 valence electrons. The molecule has 0 radical (unpaired) electrons. The van der Waals surface area contributed by atoms with Gasteiger partial charge in [0.25, 0.3) is 0 Å². The lowest BCUT2D eigenvalue weighted by atomic mass is 10.2. The highest BCUT2D eigenvalue weighted by molar-refractivity contribution is 5.91. The Balaban J connectivity index is 0.00000131. The van der Waals surface area contributed by atoms with Gasteiger partial charge in [0.05, 0.1) is 36.1 Å². The Morgan fingerprint density at radius 3 is 2.81 bits per heavy atom. The summed E-state index contributed by atoms with van der Waals surface area (Å²) in [7, 11) is 0. The average molecular weight is 410 g/mol. The summed E-state index contributed by atoms with van der Waals surface area (Å²) < 4.78 is 7.28. The van der Waals surface area contributed by atoms with E-state index < -0.39 is 0 Å². The maximum atomic E-state index is 12.1. The predicted octanol–water partition coefficient (Wildman–Crippen LogP) is 2.58. The summed E-state index contributed by atoms with van der Waals surface area (Å²) in [5.41, 5.74) is 2.59. The molecule has 2 aromatic heterocycles. The number of ether oxygens (including phenoxy) is 1. The Morgan fingerprint density at radius 1 is 1.22 bits per heavy atom. The van der Waals surface area contributed by atoms with Crippen molar-refractivity contribution in [2.24, 2.45) is 0 Å². The molecular formula is C18H21Cl2N5O2. The van der Waals surface area contributed by atoms with Gasteiger partial charge < -0.3 is 15.4 Å². The number of amides is 1. The van der Waals surface area contributed by atoms with E-state index in [0.29, 0.717) is 25.3 Å². The fourth-order valence-corrected chi connectivity index (χ4v) is 2.93. The Hall–Kier alpha value is -2.19. The molecule has 1 fully saturated rings. The zero-order valence-corrected chi connectivity index (χ0v) is 16.1. The van der Waals surface area contributed by atoms with Gasteiger partial charge in [0.15, 0.2) is 0 Å². The third-order valence-electron chi connectivity index (χ3n) is 4.16. The number of aromatic nitrogens is 3. The number of benzene rings is 1. The van der Waals surface area contributed by atoms with Crippen LogP contribution in [-0.4, -0.2) is 46.2 Å². The normalized spacial score (nSPS) is 16.2. The van der Waals surface area contributed by atoms with Crippen molar-refractivity contribution in [3.05, 3.63) is 48.9 Å². The van der Waals surface area contributed by atoms with Gasteiger partial charge in [0.2, 0.25) is 5.91 Å². The van der Waals surface area contributed by atoms with Crippen LogP contribution in [0.4, 0.5) is 5.69 Å². The first-order valence-electron chi connectivity index (χ1n) is 8.29. The molecule has 0 spiro atoms. The topological polar surface area (TPSA) is 81.1 Å². The van der Waals surface area contributed by atoms with Crippen molar-refractivity contribution in [2.45, 2.75) is 12.5 Å². The number of anilines is 1. The van der Waals surface area contributed by atoms with Gasteiger partial charge in [-0.25, -0.2) is 9.97 Å². The molecule has 3 heterocycles. The summed E-state index contributed by atoms with van der Waals surface area (Å²) in [5, 5.41) is 6.15. The third-order valence-corrected chi connectivity index (χ3v) is 4.16. The van der Waals surface area contributed by atoms with Crippen LogP contribution in [0.25, 0.3) is 16.9 Å². The molecule has 1 aromatic carbocycles. The molecule has 1 aliphatic rings. The second-order valence-electron chi connectivity index (χ2n) is 5.99. The monoisotopic (exact) mass is 409 g/mol. The molecular weight excluding hydrogens is 389 g/mol. The van der Waals surface area contributed by atoms with Gasteiger partial charge in [-0.2, -0.15) is 0 Å². The van der Waals surface area contributed by atoms with Crippen LogP contribution in [-0.2, 0) is 9.53 Å². The smallest absolute Gasteiger partial charge is 0.226 e. The fourth-order valence-electron chi connectivity index (χ4n) is 2.93. The lowest BCUT2D eigenvalue weighted by Crippen LogP contribution is -2.43. The number of nitrogens with one attached hydrogen (secondary N) is 2. The van der Waals surface area contributed by atoms with Crippen molar-refractivity contribution < 1.29 is 9.53 Å². The molecule has 2 N–H and O–H groups in total. The largest absolute Gasteiger partial charge is 0.378 e. The number of carbonyl (C=O) groups excluding carboxylic acids is 1. The summed E-state index contributed by atoms with van der Waals surface area (Å²) in [6.07, 6.45) is 3.79. The number of morpholine rings is 1. The first-order valence-corrected chi connectivity index (χ1v) is 8.29. The summed E-state index contributed by atoms with van der Waals surface area (Å²) in [4.78, 5) is 20.9. The van der Waals surface area contributed by atoms with E-state index in [1.54, 1.807) is 12.5 Å². The first-order chi connectivity index (χ1) is 12.3. The lowest BCUT2D eigenvalue weighted by Gasteiger charge is -2.23. The van der Waals surface area contributed by atoms with Crippen LogP contribution in [0.1, 0.15) is 6.42 Å². The van der Waals surface area contributed by atoms with E-state index in [1.165, 1.54) is 0 Å². The molecule has 27 heavy (non-hydrogen) atoms. The maximum absolute atomic E-state index is 12.1. The molecule has 1 amide bonds. The minimum absolute atomic E-state index is 0. The molecule has 3 aromatic rings. The van der Waals surface area contributed by atoms with Crippen molar-refractivity contribution in [1.82, 2.24) is 19.9 Å². The number of nitrogens with zero attached hydrogens (tertiary/aromatic N) is 3. The Morgan fingerprint density at radius 2 is 2.07 bits per heavy atom. The van der Waals surface area contributed by atoms with Crippen molar-refractivity contribution >= 4 is 47.4 Å². The van der Waals surface area contributed by atoms with Gasteiger partial charge in [-0.1, -0.05) is 12.1 Å². The second kappa shape index (κ2) is 9.66. The number of hydrogen-bond acceptors (Lipinski definition) is 5. The maximum Gasteiger partial charge on any atom is 0.226 e. The van der Waals surface area contributed by atoms with E-state index in [0.717, 1.165) is 23.4 Å². The van der Waals surface area contributed by atoms with Gasteiger partial charge in [-0.15, -0.1) is 24.8 Å². The van der Waals surface area contributed by atoms with E-state index in [9.17, 15) is 4.79 Å². The fraction of sp³-hybridized carbons (Fsp3) is 0.278. The minimum atomic E-state index is -0.0503. The Kier molecular flexibility index (Phi) is 7.55. The highest BCUT2D eigenvalue weighted by Crippen LogP contribution is 2.17. The number of halogens is 2. The average Bonchev–Trinajstić information content (AvgIpc) is 3.07. The minimum Gasteiger partial charge on any atom is -0.378 e. The number of pyridine rings is 1. The standard InChI is InChI=1S/C18H19N5O2.2ClH/c24-18(9-14-11-25-8-7-19-14)22-13-5-6-17(20-10-13)23-12-21-15-3-1-2-4-16(15)23;;/h1-6,10,12,14,19H,7-9,11H2,(H,22,24);2*1H. The SMILES string of the molecule is Cl.Cl.O=C(CC1COCCN1)Nc1ccc(-n2cnc3ccccc32)nc1. The van der Waals surface area contributed by atoms with Gasteiger partial charge in [-0.05, 0) is 24.3 Å². The number of hydrogen-bond donors (Lipinski definition) is 2. The number of rotatable bonds is 4. The van der Waals surface area contributed by atoms with Gasteiger partial charge in [0.1, 0.15) is 12.1 Å². The van der Waals surface area contributed by atoms with E-state index in [1.807, 2.05) is 41.0 Å². The summed E-state index contributed by atoms with van der Waals surface area (Å²) in [5.74, 6) is 0.708. The van der Waals surface area contributed by atoms with Crippen LogP contribution in [0, 0.1) is 0 Å². The molecule has 7 nitrogen and oxygen atoms in total. The van der Waals surface area contributed by atoms with E-state index in [-0.39, 0.29) is 36.8 Å². The zero-order valence-electron chi connectivity index (χ0n) is 14.5. The van der Waals surface area contributed by atoms with Crippen LogP contribution in [0.2, 0.25) is 0 Å². The first kappa shape index (κ1) is 21.1. The van der Waals surface area contributed by atoms with Crippen LogP contribution >= 0.6 is 24.8 Å². The lowest BCUT2D eigenvalue weighted by molar-refractivity contribution is -0.117. The number of para-hydroxylation sites is 2. The predicted molar refractivity (Wildman–Crippen MR) is 109 cm³/mol. The summed E-state index contributed by atoms with van der Waals surface area (Å²) in [6, 6.07) is 11.7. The highest BCUT2D eigenvalue weighted by atomic mass is 35.5. The zero-order chi connectivity index (χ0) is 17.1. The van der Waals surface area contributed by atoms with Gasteiger partial charge in [-0.3, -0.25) is 9.36 Å². The van der Waals surface area contributed by atoms with E-state index >= 15 is 0 Å². The van der Waals surface area contributed by atoms with Crippen LogP contribution in [0.5, 0.6) is 0 Å². The molecule has 0 bridgehead atoms. The highest BCUT2D eigenvalue weighted by Gasteiger charge is 2.17. The molecule has 1 saturated heterocycles. The van der Waals surface area contributed by atoms with Crippen molar-refractivity contribution in [3.63, 3.8) is 0 Å². The van der Waals surface area contributed by atoms with Crippen molar-refractivity contribution in [1.29, 1.82) is 0 Å². The van der Waals surface area contributed by atoms with Crippen molar-refractivity contribution in [2.75, 3.05) is 25.1 Å². The van der Waals surface area contributed by atoms with Crippen molar-refractivity contribution in [3.8, 4) is 5.82 Å². The molecule has 0 saturated carbocycles. The molecule has 1 atom stereocenters. The van der Waals surface area contributed by atoms with Gasteiger partial charge in [0, 0.05) is 19.0 Å². The number of fused-ring (bicyclic) bond motifs is 1. The quantitative estimate of drug-likeness (QED) is 0.691. The van der Waals surface area contributed by atoms with Crippen LogP contribution in [0.3, 0.4) is 0 Å². The van der Waals surface area contributed by atoms with E-state index in [2.05, 4.69) is 20.6 Å². The molecule has 1 unspecified atom stereocenters. The third kappa shape index (κ3) is 4.95. The summed E-state index contributed by atoms with van der Waals surface area (Å²) in [6.45, 7) is 2.05. The van der Waals surface area contributed by atoms with Gasteiger partial charge >= 0.3 is 0 Å². The Bertz CT molecular complexity index is 879. The summed E-state index contributed by atoms with van der Waals surface area (Å²) >= 11 is 0. The second-order valence-corrected chi connectivity index (χ2v) is 5.99. The van der Waals surface area contributed by atoms with Crippen LogP contribution in [0.15, 0.2) is 48.9 Å². The molecule has 0 aliphatic carbocycles. The van der Waals surface area contributed by atoms with Crippen LogP contribution < -0.4 is 10.6 Å². The number of carbonyl (C=O) groups is 1. The van der Waals surface area contributed by atoms with E-state index in [4.69, 9.17) is 4.74 Å².